The highest BCUT2D eigenvalue weighted by atomic mass is 32.1. The Kier molecular flexibility index (Phi) is 4.92. The Labute approximate surface area is 150 Å². The van der Waals surface area contributed by atoms with Crippen LogP contribution in [-0.2, 0) is 0 Å². The molecular formula is C20H17N3OS. The van der Waals surface area contributed by atoms with E-state index in [-0.39, 0.29) is 5.91 Å². The molecule has 124 valence electrons. The Morgan fingerprint density at radius 2 is 1.80 bits per heavy atom. The molecule has 1 amide bonds. The summed E-state index contributed by atoms with van der Waals surface area (Å²) in [6, 6.07) is 16.7. The molecule has 0 spiro atoms. The molecule has 0 aliphatic heterocycles. The van der Waals surface area contributed by atoms with Gasteiger partial charge in [0, 0.05) is 22.2 Å². The third-order valence-corrected chi connectivity index (χ3v) is 5.04. The number of nitrogens with zero attached hydrogens (tertiary/aromatic N) is 2. The summed E-state index contributed by atoms with van der Waals surface area (Å²) in [5.41, 5.74) is 2.54. The molecule has 1 heterocycles. The SMILES string of the molecule is CC(C)c1cnc(NC(=O)c2ccccc2-c2ccccc2C#N)s1. The Morgan fingerprint density at radius 3 is 2.48 bits per heavy atom. The summed E-state index contributed by atoms with van der Waals surface area (Å²) in [6.45, 7) is 4.18. The number of amides is 1. The second-order valence-corrected chi connectivity index (χ2v) is 6.94. The summed E-state index contributed by atoms with van der Waals surface area (Å²) in [6.07, 6.45) is 1.79. The van der Waals surface area contributed by atoms with Crippen molar-refractivity contribution in [2.24, 2.45) is 0 Å². The van der Waals surface area contributed by atoms with Crippen LogP contribution in [0.25, 0.3) is 11.1 Å². The molecule has 5 heteroatoms. The molecule has 3 aromatic rings. The van der Waals surface area contributed by atoms with Crippen LogP contribution < -0.4 is 5.32 Å². The van der Waals surface area contributed by atoms with E-state index in [9.17, 15) is 10.1 Å². The van der Waals surface area contributed by atoms with E-state index in [1.807, 2.05) is 36.4 Å². The molecule has 0 aliphatic rings. The van der Waals surface area contributed by atoms with Crippen molar-refractivity contribution in [1.29, 1.82) is 5.26 Å². The van der Waals surface area contributed by atoms with E-state index >= 15 is 0 Å². The minimum absolute atomic E-state index is 0.229. The van der Waals surface area contributed by atoms with Crippen LogP contribution in [0, 0.1) is 11.3 Å². The third-order valence-electron chi connectivity index (χ3n) is 3.82. The topological polar surface area (TPSA) is 65.8 Å². The van der Waals surface area contributed by atoms with E-state index in [1.165, 1.54) is 11.3 Å². The van der Waals surface area contributed by atoms with E-state index in [4.69, 9.17) is 0 Å². The Bertz CT molecular complexity index is 953. The molecule has 0 unspecified atom stereocenters. The van der Waals surface area contributed by atoms with Gasteiger partial charge in [-0.2, -0.15) is 5.26 Å². The molecule has 0 fully saturated rings. The van der Waals surface area contributed by atoms with Gasteiger partial charge in [-0.15, -0.1) is 11.3 Å². The minimum atomic E-state index is -0.229. The minimum Gasteiger partial charge on any atom is -0.298 e. The van der Waals surface area contributed by atoms with Crippen molar-refractivity contribution in [2.75, 3.05) is 5.32 Å². The van der Waals surface area contributed by atoms with Crippen LogP contribution >= 0.6 is 11.3 Å². The zero-order valence-electron chi connectivity index (χ0n) is 14.0. The molecule has 0 radical (unpaired) electrons. The second-order valence-electron chi connectivity index (χ2n) is 5.88. The van der Waals surface area contributed by atoms with Crippen molar-refractivity contribution in [3.8, 4) is 17.2 Å². The van der Waals surface area contributed by atoms with Gasteiger partial charge >= 0.3 is 0 Å². The first kappa shape index (κ1) is 16.9. The van der Waals surface area contributed by atoms with Gasteiger partial charge in [-0.3, -0.25) is 10.1 Å². The lowest BCUT2D eigenvalue weighted by Crippen LogP contribution is -2.13. The molecule has 3 rings (SSSR count). The summed E-state index contributed by atoms with van der Waals surface area (Å²) in [5, 5.41) is 12.8. The number of rotatable bonds is 4. The molecule has 1 N–H and O–H groups in total. The van der Waals surface area contributed by atoms with Crippen LogP contribution in [-0.4, -0.2) is 10.9 Å². The number of hydrogen-bond donors (Lipinski definition) is 1. The summed E-state index contributed by atoms with van der Waals surface area (Å²) in [4.78, 5) is 18.2. The Hall–Kier alpha value is -2.97. The zero-order chi connectivity index (χ0) is 17.8. The zero-order valence-corrected chi connectivity index (χ0v) is 14.8. The number of nitriles is 1. The maximum atomic E-state index is 12.8. The van der Waals surface area contributed by atoms with E-state index in [0.29, 0.717) is 22.2 Å². The van der Waals surface area contributed by atoms with Gasteiger partial charge in [-0.25, -0.2) is 4.98 Å². The smallest absolute Gasteiger partial charge is 0.258 e. The van der Waals surface area contributed by atoms with E-state index in [1.54, 1.807) is 18.3 Å². The van der Waals surface area contributed by atoms with Crippen molar-refractivity contribution in [3.05, 3.63) is 70.7 Å². The first-order chi connectivity index (χ1) is 12.1. The van der Waals surface area contributed by atoms with Crippen molar-refractivity contribution < 1.29 is 4.79 Å². The molecule has 0 atom stereocenters. The highest BCUT2D eigenvalue weighted by molar-refractivity contribution is 7.15. The average Bonchev–Trinajstić information content (AvgIpc) is 3.10. The van der Waals surface area contributed by atoms with Gasteiger partial charge in [0.2, 0.25) is 0 Å². The number of anilines is 1. The largest absolute Gasteiger partial charge is 0.298 e. The molecule has 0 saturated heterocycles. The lowest BCUT2D eigenvalue weighted by Gasteiger charge is -2.10. The summed E-state index contributed by atoms with van der Waals surface area (Å²) < 4.78 is 0. The fourth-order valence-corrected chi connectivity index (χ4v) is 3.32. The van der Waals surface area contributed by atoms with E-state index in [0.717, 1.165) is 16.0 Å². The first-order valence-corrected chi connectivity index (χ1v) is 8.77. The molecule has 1 aromatic heterocycles. The normalized spacial score (nSPS) is 10.5. The van der Waals surface area contributed by atoms with Gasteiger partial charge in [-0.1, -0.05) is 50.2 Å². The lowest BCUT2D eigenvalue weighted by molar-refractivity contribution is 0.102. The predicted molar refractivity (Wildman–Crippen MR) is 101 cm³/mol. The van der Waals surface area contributed by atoms with Crippen LogP contribution in [0.5, 0.6) is 0 Å². The van der Waals surface area contributed by atoms with Gasteiger partial charge in [0.25, 0.3) is 5.91 Å². The van der Waals surface area contributed by atoms with Gasteiger partial charge in [0.15, 0.2) is 5.13 Å². The molecule has 0 saturated carbocycles. The number of carbonyl (C=O) groups is 1. The standard InChI is InChI=1S/C20H17N3OS/c1-13(2)18-12-22-20(25-18)23-19(24)17-10-6-5-9-16(17)15-8-4-3-7-14(15)11-21/h3-10,12-13H,1-2H3,(H,22,23,24). The summed E-state index contributed by atoms with van der Waals surface area (Å²) in [5.74, 6) is 0.144. The van der Waals surface area contributed by atoms with Crippen molar-refractivity contribution in [3.63, 3.8) is 0 Å². The molecule has 0 aliphatic carbocycles. The highest BCUT2D eigenvalue weighted by Crippen LogP contribution is 2.29. The predicted octanol–water partition coefficient (Wildman–Crippen LogP) is 5.06. The number of carbonyl (C=O) groups excluding carboxylic acids is 1. The number of thiazole rings is 1. The third kappa shape index (κ3) is 3.59. The van der Waals surface area contributed by atoms with Gasteiger partial charge in [-0.05, 0) is 23.6 Å². The van der Waals surface area contributed by atoms with Crippen molar-refractivity contribution in [2.45, 2.75) is 19.8 Å². The number of nitrogens with one attached hydrogen (secondary N) is 1. The fourth-order valence-electron chi connectivity index (χ4n) is 2.51. The quantitative estimate of drug-likeness (QED) is 0.717. The number of aromatic nitrogens is 1. The molecule has 4 nitrogen and oxygen atoms in total. The Balaban J connectivity index is 1.95. The van der Waals surface area contributed by atoms with Crippen LogP contribution in [0.2, 0.25) is 0 Å². The van der Waals surface area contributed by atoms with Crippen molar-refractivity contribution >= 4 is 22.4 Å². The second kappa shape index (κ2) is 7.29. The monoisotopic (exact) mass is 347 g/mol. The Morgan fingerprint density at radius 1 is 1.12 bits per heavy atom. The number of benzene rings is 2. The lowest BCUT2D eigenvalue weighted by atomic mass is 9.95. The van der Waals surface area contributed by atoms with Crippen LogP contribution in [0.15, 0.2) is 54.7 Å². The molecule has 0 bridgehead atoms. The fraction of sp³-hybridized carbons (Fsp3) is 0.150. The number of hydrogen-bond acceptors (Lipinski definition) is 4. The highest BCUT2D eigenvalue weighted by Gasteiger charge is 2.16. The average molecular weight is 347 g/mol. The maximum absolute atomic E-state index is 12.8. The molecule has 2 aromatic carbocycles. The van der Waals surface area contributed by atoms with Gasteiger partial charge in [0.05, 0.1) is 11.6 Å². The molecular weight excluding hydrogens is 330 g/mol. The first-order valence-electron chi connectivity index (χ1n) is 7.95. The van der Waals surface area contributed by atoms with Crippen LogP contribution in [0.4, 0.5) is 5.13 Å². The molecule has 25 heavy (non-hydrogen) atoms. The van der Waals surface area contributed by atoms with Crippen LogP contribution in [0.3, 0.4) is 0 Å². The van der Waals surface area contributed by atoms with E-state index < -0.39 is 0 Å². The van der Waals surface area contributed by atoms with E-state index in [2.05, 4.69) is 30.2 Å². The maximum Gasteiger partial charge on any atom is 0.258 e. The summed E-state index contributed by atoms with van der Waals surface area (Å²) >= 11 is 1.48. The van der Waals surface area contributed by atoms with Crippen molar-refractivity contribution in [1.82, 2.24) is 4.98 Å². The van der Waals surface area contributed by atoms with Gasteiger partial charge in [0.1, 0.15) is 0 Å². The van der Waals surface area contributed by atoms with Crippen LogP contribution in [0.1, 0.15) is 40.6 Å². The summed E-state index contributed by atoms with van der Waals surface area (Å²) in [7, 11) is 0. The van der Waals surface area contributed by atoms with Gasteiger partial charge < -0.3 is 0 Å².